The topological polar surface area (TPSA) is 111 Å². The van der Waals surface area contributed by atoms with Crippen LogP contribution in [0, 0.1) is 5.92 Å². The van der Waals surface area contributed by atoms with Crippen molar-refractivity contribution < 1.29 is 24.5 Å². The van der Waals surface area contributed by atoms with Crippen molar-refractivity contribution in [2.45, 2.75) is 81.1 Å². The summed E-state index contributed by atoms with van der Waals surface area (Å²) in [6.45, 7) is 4.25. The Morgan fingerprint density at radius 3 is 2.61 bits per heavy atom. The number of carboxylic acids is 1. The number of aromatic carboxylic acids is 1. The fourth-order valence-electron chi connectivity index (χ4n) is 8.32. The number of aromatic hydroxyl groups is 1. The molecule has 0 unspecified atom stereocenters. The van der Waals surface area contributed by atoms with Gasteiger partial charge in [0.2, 0.25) is 5.91 Å². The number of nitrogens with zero attached hydrogens (tertiary/aromatic N) is 1. The summed E-state index contributed by atoms with van der Waals surface area (Å²) in [7, 11) is 0. The molecule has 5 aliphatic rings. The minimum absolute atomic E-state index is 0.0108. The number of amides is 1. The Balaban J connectivity index is 1.28. The SMILES string of the molecule is CC(=O)N[C@@]12CC[C@@H](NCc3ccc(C(=O)O)cc3)[C@@H]3Oc4c(O)ccc5c4[C@@]31CCN(CC1CC1)[C@@H]2C5. The van der Waals surface area contributed by atoms with E-state index in [0.29, 0.717) is 12.3 Å². The summed E-state index contributed by atoms with van der Waals surface area (Å²) in [5.74, 6) is 0.583. The number of phenolic OH excluding ortho intramolecular Hbond substituents is 1. The molecule has 1 spiro atoms. The first-order valence-corrected chi connectivity index (χ1v) is 13.9. The number of carbonyl (C=O) groups excluding carboxylic acids is 1. The molecule has 0 aromatic heterocycles. The molecule has 2 aliphatic heterocycles. The van der Waals surface area contributed by atoms with Gasteiger partial charge >= 0.3 is 5.97 Å². The van der Waals surface area contributed by atoms with Crippen molar-refractivity contribution in [2.24, 2.45) is 5.92 Å². The van der Waals surface area contributed by atoms with E-state index in [-0.39, 0.29) is 35.4 Å². The minimum Gasteiger partial charge on any atom is -0.504 e. The van der Waals surface area contributed by atoms with Gasteiger partial charge in [-0.05, 0) is 80.3 Å². The zero-order chi connectivity index (χ0) is 26.2. The third-order valence-corrected chi connectivity index (χ3v) is 9.99. The number of carboxylic acid groups (broad SMARTS) is 1. The Labute approximate surface area is 222 Å². The monoisotopic (exact) mass is 517 g/mol. The third kappa shape index (κ3) is 3.35. The number of phenols is 1. The second-order valence-electron chi connectivity index (χ2n) is 12.0. The second-order valence-corrected chi connectivity index (χ2v) is 12.0. The number of hydrogen-bond acceptors (Lipinski definition) is 6. The van der Waals surface area contributed by atoms with E-state index in [1.165, 1.54) is 18.4 Å². The third-order valence-electron chi connectivity index (χ3n) is 9.99. The molecular weight excluding hydrogens is 482 g/mol. The Morgan fingerprint density at radius 1 is 1.11 bits per heavy atom. The van der Waals surface area contributed by atoms with Crippen molar-refractivity contribution in [3.63, 3.8) is 0 Å². The van der Waals surface area contributed by atoms with Gasteiger partial charge in [0.05, 0.1) is 16.5 Å². The minimum atomic E-state index is -0.933. The molecule has 7 rings (SSSR count). The molecule has 4 N–H and O–H groups in total. The Bertz CT molecular complexity index is 1310. The Hall–Kier alpha value is -3.10. The highest BCUT2D eigenvalue weighted by Gasteiger charge is 2.73. The van der Waals surface area contributed by atoms with Gasteiger partial charge < -0.3 is 25.6 Å². The highest BCUT2D eigenvalue weighted by Crippen LogP contribution is 2.65. The van der Waals surface area contributed by atoms with Gasteiger partial charge in [-0.25, -0.2) is 4.79 Å². The number of rotatable bonds is 7. The first kappa shape index (κ1) is 24.0. The van der Waals surface area contributed by atoms with E-state index in [9.17, 15) is 19.8 Å². The summed E-state index contributed by atoms with van der Waals surface area (Å²) in [5.41, 5.74) is 2.74. The molecule has 2 aromatic rings. The number of carbonyl (C=O) groups is 2. The molecule has 200 valence electrons. The summed E-state index contributed by atoms with van der Waals surface area (Å²) in [5, 5.41) is 27.4. The molecule has 1 saturated heterocycles. The maximum atomic E-state index is 12.8. The van der Waals surface area contributed by atoms with E-state index in [4.69, 9.17) is 4.74 Å². The van der Waals surface area contributed by atoms with E-state index in [0.717, 1.165) is 55.8 Å². The predicted octanol–water partition coefficient (Wildman–Crippen LogP) is 2.96. The molecule has 2 aromatic carbocycles. The molecule has 2 heterocycles. The second kappa shape index (κ2) is 8.45. The van der Waals surface area contributed by atoms with Gasteiger partial charge in [0.25, 0.3) is 0 Å². The lowest BCUT2D eigenvalue weighted by atomic mass is 9.46. The molecule has 8 nitrogen and oxygen atoms in total. The Morgan fingerprint density at radius 2 is 1.89 bits per heavy atom. The summed E-state index contributed by atoms with van der Waals surface area (Å²) in [4.78, 5) is 26.7. The lowest BCUT2D eigenvalue weighted by Gasteiger charge is -2.66. The quantitative estimate of drug-likeness (QED) is 0.447. The van der Waals surface area contributed by atoms with Crippen LogP contribution in [0.5, 0.6) is 11.5 Å². The van der Waals surface area contributed by atoms with Crippen molar-refractivity contribution in [3.8, 4) is 11.5 Å². The summed E-state index contributed by atoms with van der Waals surface area (Å²) in [6.07, 6.45) is 5.75. The molecule has 1 amide bonds. The van der Waals surface area contributed by atoms with E-state index in [1.54, 1.807) is 25.1 Å². The molecule has 0 radical (unpaired) electrons. The number of piperidine rings is 1. The average Bonchev–Trinajstić information content (AvgIpc) is 3.63. The van der Waals surface area contributed by atoms with Gasteiger partial charge in [-0.3, -0.25) is 9.69 Å². The largest absolute Gasteiger partial charge is 0.504 e. The lowest BCUT2D eigenvalue weighted by Crippen LogP contribution is -2.82. The van der Waals surface area contributed by atoms with Gasteiger partial charge in [0.15, 0.2) is 11.5 Å². The highest BCUT2D eigenvalue weighted by atomic mass is 16.5. The number of benzene rings is 2. The van der Waals surface area contributed by atoms with Crippen molar-refractivity contribution in [1.82, 2.24) is 15.5 Å². The molecule has 8 heteroatoms. The molecular formula is C30H35N3O5. The smallest absolute Gasteiger partial charge is 0.335 e. The summed E-state index contributed by atoms with van der Waals surface area (Å²) < 4.78 is 6.74. The van der Waals surface area contributed by atoms with Crippen LogP contribution in [0.3, 0.4) is 0 Å². The van der Waals surface area contributed by atoms with Crippen molar-refractivity contribution >= 4 is 11.9 Å². The lowest BCUT2D eigenvalue weighted by molar-refractivity contribution is -0.135. The van der Waals surface area contributed by atoms with Crippen LogP contribution in [-0.4, -0.2) is 63.8 Å². The van der Waals surface area contributed by atoms with Crippen molar-refractivity contribution in [2.75, 3.05) is 13.1 Å². The van der Waals surface area contributed by atoms with E-state index >= 15 is 0 Å². The molecule has 2 saturated carbocycles. The summed E-state index contributed by atoms with van der Waals surface area (Å²) >= 11 is 0. The van der Waals surface area contributed by atoms with E-state index in [1.807, 2.05) is 12.1 Å². The Kier molecular flexibility index (Phi) is 5.33. The van der Waals surface area contributed by atoms with Gasteiger partial charge in [-0.1, -0.05) is 18.2 Å². The fourth-order valence-corrected chi connectivity index (χ4v) is 8.32. The van der Waals surface area contributed by atoms with Crippen LogP contribution in [0.15, 0.2) is 36.4 Å². The van der Waals surface area contributed by atoms with Crippen LogP contribution in [0.2, 0.25) is 0 Å². The average molecular weight is 518 g/mol. The zero-order valence-electron chi connectivity index (χ0n) is 21.7. The summed E-state index contributed by atoms with van der Waals surface area (Å²) in [6, 6.07) is 11.0. The fraction of sp³-hybridized carbons (Fsp3) is 0.533. The van der Waals surface area contributed by atoms with E-state index < -0.39 is 16.9 Å². The van der Waals surface area contributed by atoms with Crippen LogP contribution < -0.4 is 15.4 Å². The standard InChI is InChI=1S/C30H35N3O5/c1-17(34)32-30-11-10-22(31-15-18-4-6-20(7-5-18)28(36)37)27-29(30)12-13-33(16-19-2-3-19)24(30)14-21-8-9-23(35)26(38-27)25(21)29/h4-9,19,22,24,27,31,35H,2-3,10-16H2,1H3,(H,32,34)(H,36,37)/t22-,24-,27+,29+,30-/m1/s1. The normalized spacial score (nSPS) is 32.8. The van der Waals surface area contributed by atoms with Gasteiger partial charge in [0.1, 0.15) is 6.10 Å². The maximum absolute atomic E-state index is 12.8. The first-order chi connectivity index (χ1) is 18.3. The molecule has 38 heavy (non-hydrogen) atoms. The van der Waals surface area contributed by atoms with Gasteiger partial charge in [-0.2, -0.15) is 0 Å². The molecule has 3 fully saturated rings. The van der Waals surface area contributed by atoms with Crippen LogP contribution in [0.4, 0.5) is 0 Å². The highest BCUT2D eigenvalue weighted by molar-refractivity contribution is 5.87. The zero-order valence-corrected chi connectivity index (χ0v) is 21.7. The number of nitrogens with one attached hydrogen (secondary N) is 2. The number of hydrogen-bond donors (Lipinski definition) is 4. The predicted molar refractivity (Wildman–Crippen MR) is 140 cm³/mol. The molecule has 5 atom stereocenters. The van der Waals surface area contributed by atoms with Crippen molar-refractivity contribution in [3.05, 3.63) is 58.7 Å². The van der Waals surface area contributed by atoms with Gasteiger partial charge in [0, 0.05) is 37.7 Å². The van der Waals surface area contributed by atoms with Crippen LogP contribution in [0.1, 0.15) is 66.1 Å². The number of ether oxygens (including phenoxy) is 1. The van der Waals surface area contributed by atoms with E-state index in [2.05, 4.69) is 21.6 Å². The molecule has 2 bridgehead atoms. The van der Waals surface area contributed by atoms with Gasteiger partial charge in [-0.15, -0.1) is 0 Å². The van der Waals surface area contributed by atoms with Crippen LogP contribution >= 0.6 is 0 Å². The molecule has 3 aliphatic carbocycles. The van der Waals surface area contributed by atoms with Crippen LogP contribution in [-0.2, 0) is 23.2 Å². The first-order valence-electron chi connectivity index (χ1n) is 13.9. The van der Waals surface area contributed by atoms with Crippen molar-refractivity contribution in [1.29, 1.82) is 0 Å². The maximum Gasteiger partial charge on any atom is 0.335 e. The number of likely N-dealkylation sites (tertiary alicyclic amines) is 1. The van der Waals surface area contributed by atoms with Crippen LogP contribution in [0.25, 0.3) is 0 Å².